The van der Waals surface area contributed by atoms with Crippen molar-refractivity contribution >= 4 is 17.3 Å². The Morgan fingerprint density at radius 2 is 1.96 bits per heavy atom. The van der Waals surface area contributed by atoms with Crippen LogP contribution in [-0.2, 0) is 12.8 Å². The van der Waals surface area contributed by atoms with E-state index >= 15 is 0 Å². The van der Waals surface area contributed by atoms with E-state index in [0.717, 1.165) is 61.3 Å². The van der Waals surface area contributed by atoms with E-state index in [0.29, 0.717) is 5.95 Å². The van der Waals surface area contributed by atoms with Crippen molar-refractivity contribution in [2.24, 2.45) is 0 Å². The Labute approximate surface area is 143 Å². The quantitative estimate of drug-likeness (QED) is 0.882. The van der Waals surface area contributed by atoms with E-state index in [1.807, 2.05) is 0 Å². The number of benzene rings is 1. The maximum absolute atomic E-state index is 12.2. The Morgan fingerprint density at radius 3 is 2.67 bits per heavy atom. The highest BCUT2D eigenvalue weighted by Crippen LogP contribution is 2.25. The summed E-state index contributed by atoms with van der Waals surface area (Å²) in [7, 11) is 0. The second-order valence-electron chi connectivity index (χ2n) is 6.34. The van der Waals surface area contributed by atoms with E-state index in [9.17, 15) is 4.79 Å². The first-order valence-electron chi connectivity index (χ1n) is 8.87. The number of fused-ring (bicyclic) bond motifs is 1. The van der Waals surface area contributed by atoms with Gasteiger partial charge in [-0.3, -0.25) is 9.78 Å². The third-order valence-electron chi connectivity index (χ3n) is 4.78. The van der Waals surface area contributed by atoms with E-state index in [4.69, 9.17) is 0 Å². The number of H-pyrrole nitrogens is 1. The Bertz CT molecular complexity index is 777. The number of anilines is 3. The van der Waals surface area contributed by atoms with Crippen molar-refractivity contribution < 1.29 is 0 Å². The lowest BCUT2D eigenvalue weighted by atomic mass is 9.97. The molecule has 0 spiro atoms. The molecule has 128 valence electrons. The van der Waals surface area contributed by atoms with Gasteiger partial charge in [0.2, 0.25) is 5.95 Å². The van der Waals surface area contributed by atoms with E-state index in [2.05, 4.69) is 59.2 Å². The van der Waals surface area contributed by atoms with Gasteiger partial charge in [0.15, 0.2) is 0 Å². The average molecular weight is 326 g/mol. The van der Waals surface area contributed by atoms with Crippen LogP contribution >= 0.6 is 0 Å². The van der Waals surface area contributed by atoms with Crippen LogP contribution in [0.4, 0.5) is 17.3 Å². The third kappa shape index (κ3) is 3.30. The maximum Gasteiger partial charge on any atom is 0.255 e. The predicted molar refractivity (Wildman–Crippen MR) is 99.5 cm³/mol. The molecule has 0 bridgehead atoms. The van der Waals surface area contributed by atoms with Crippen molar-refractivity contribution in [1.29, 1.82) is 0 Å². The molecule has 0 radical (unpaired) electrons. The number of aromatic nitrogens is 2. The molecule has 1 aromatic heterocycles. The summed E-state index contributed by atoms with van der Waals surface area (Å²) in [4.78, 5) is 22.1. The van der Waals surface area contributed by atoms with Crippen LogP contribution in [0.25, 0.3) is 0 Å². The summed E-state index contributed by atoms with van der Waals surface area (Å²) < 4.78 is 0. The Hall–Kier alpha value is -2.30. The van der Waals surface area contributed by atoms with Crippen LogP contribution < -0.4 is 15.8 Å². The number of nitrogens with zero attached hydrogens (tertiary/aromatic N) is 2. The molecule has 0 saturated heterocycles. The van der Waals surface area contributed by atoms with Gasteiger partial charge in [0.1, 0.15) is 0 Å². The maximum atomic E-state index is 12.2. The van der Waals surface area contributed by atoms with Gasteiger partial charge >= 0.3 is 0 Å². The van der Waals surface area contributed by atoms with Gasteiger partial charge in [-0.25, -0.2) is 4.98 Å². The lowest BCUT2D eigenvalue weighted by Crippen LogP contribution is -2.22. The molecule has 24 heavy (non-hydrogen) atoms. The highest BCUT2D eigenvalue weighted by atomic mass is 16.1. The van der Waals surface area contributed by atoms with E-state index in [-0.39, 0.29) is 5.56 Å². The average Bonchev–Trinajstić information content (AvgIpc) is 2.58. The lowest BCUT2D eigenvalue weighted by molar-refractivity contribution is 0.658. The highest BCUT2D eigenvalue weighted by molar-refractivity contribution is 5.64. The normalized spacial score (nSPS) is 13.5. The number of nitrogens with one attached hydrogen (secondary N) is 2. The van der Waals surface area contributed by atoms with E-state index in [1.54, 1.807) is 0 Å². The fourth-order valence-corrected chi connectivity index (χ4v) is 3.36. The second-order valence-corrected chi connectivity index (χ2v) is 6.34. The Balaban J connectivity index is 1.86. The van der Waals surface area contributed by atoms with Crippen LogP contribution in [0.15, 0.2) is 23.0 Å². The van der Waals surface area contributed by atoms with Crippen molar-refractivity contribution in [3.05, 3.63) is 45.4 Å². The van der Waals surface area contributed by atoms with Crippen LogP contribution in [0.3, 0.4) is 0 Å². The minimum atomic E-state index is -0.000357. The Kier molecular flexibility index (Phi) is 4.88. The van der Waals surface area contributed by atoms with Crippen LogP contribution in [0.1, 0.15) is 43.5 Å². The van der Waals surface area contributed by atoms with Gasteiger partial charge in [0, 0.05) is 30.0 Å². The fraction of sp³-hybridized carbons (Fsp3) is 0.474. The van der Waals surface area contributed by atoms with Crippen LogP contribution in [-0.4, -0.2) is 23.1 Å². The fourth-order valence-electron chi connectivity index (χ4n) is 3.36. The molecule has 5 heteroatoms. The molecular weight excluding hydrogens is 300 g/mol. The van der Waals surface area contributed by atoms with Gasteiger partial charge in [0.05, 0.1) is 5.69 Å². The molecule has 0 aliphatic heterocycles. The number of aryl methyl sites for hydroxylation is 2. The monoisotopic (exact) mass is 326 g/mol. The van der Waals surface area contributed by atoms with Gasteiger partial charge in [-0.05, 0) is 70.2 Å². The molecule has 0 fully saturated rings. The third-order valence-corrected chi connectivity index (χ3v) is 4.78. The number of hydrogen-bond donors (Lipinski definition) is 2. The SMILES string of the molecule is CCN(CC)c1ccc(Nc2nc3c(c(=O)[nH]2)CCCC3)c(C)c1. The molecule has 1 heterocycles. The zero-order valence-electron chi connectivity index (χ0n) is 14.8. The van der Waals surface area contributed by atoms with Crippen molar-refractivity contribution in [2.75, 3.05) is 23.3 Å². The van der Waals surface area contributed by atoms with Crippen molar-refractivity contribution in [2.45, 2.75) is 46.5 Å². The lowest BCUT2D eigenvalue weighted by Gasteiger charge is -2.22. The van der Waals surface area contributed by atoms with Crippen LogP contribution in [0, 0.1) is 6.92 Å². The van der Waals surface area contributed by atoms with E-state index < -0.39 is 0 Å². The molecule has 0 saturated carbocycles. The van der Waals surface area contributed by atoms with Crippen molar-refractivity contribution in [3.63, 3.8) is 0 Å². The first-order chi connectivity index (χ1) is 11.6. The van der Waals surface area contributed by atoms with Crippen LogP contribution in [0.5, 0.6) is 0 Å². The van der Waals surface area contributed by atoms with E-state index in [1.165, 1.54) is 5.69 Å². The predicted octanol–water partition coefficient (Wildman–Crippen LogP) is 3.55. The summed E-state index contributed by atoms with van der Waals surface area (Å²) in [5.74, 6) is 0.541. The van der Waals surface area contributed by atoms with Crippen molar-refractivity contribution in [3.8, 4) is 0 Å². The van der Waals surface area contributed by atoms with Gasteiger partial charge in [-0.1, -0.05) is 0 Å². The molecular formula is C19H26N4O. The molecule has 2 N–H and O–H groups in total. The highest BCUT2D eigenvalue weighted by Gasteiger charge is 2.16. The summed E-state index contributed by atoms with van der Waals surface area (Å²) in [6.45, 7) is 8.37. The molecule has 0 atom stereocenters. The minimum Gasteiger partial charge on any atom is -0.372 e. The molecule has 3 rings (SSSR count). The molecule has 1 aromatic carbocycles. The summed E-state index contributed by atoms with van der Waals surface area (Å²) in [5, 5.41) is 3.28. The molecule has 2 aromatic rings. The molecule has 1 aliphatic rings. The molecule has 0 unspecified atom stereocenters. The van der Waals surface area contributed by atoms with Gasteiger partial charge in [-0.15, -0.1) is 0 Å². The zero-order chi connectivity index (χ0) is 17.1. The zero-order valence-corrected chi connectivity index (χ0v) is 14.8. The van der Waals surface area contributed by atoms with Gasteiger partial charge < -0.3 is 10.2 Å². The molecule has 1 aliphatic carbocycles. The molecule has 5 nitrogen and oxygen atoms in total. The number of aromatic amines is 1. The first kappa shape index (κ1) is 16.6. The first-order valence-corrected chi connectivity index (χ1v) is 8.87. The minimum absolute atomic E-state index is 0.000357. The smallest absolute Gasteiger partial charge is 0.255 e. The summed E-state index contributed by atoms with van der Waals surface area (Å²) in [5.41, 5.74) is 5.14. The summed E-state index contributed by atoms with van der Waals surface area (Å²) in [6.07, 6.45) is 3.93. The Morgan fingerprint density at radius 1 is 1.21 bits per heavy atom. The standard InChI is InChI=1S/C19H26N4O/c1-4-23(5-2)14-10-11-16(13(3)12-14)20-19-21-17-9-7-6-8-15(17)18(24)22-19/h10-12H,4-9H2,1-3H3,(H2,20,21,22,24). The van der Waals surface area contributed by atoms with Gasteiger partial charge in [0.25, 0.3) is 5.56 Å². The van der Waals surface area contributed by atoms with Gasteiger partial charge in [-0.2, -0.15) is 0 Å². The number of rotatable bonds is 5. The number of hydrogen-bond acceptors (Lipinski definition) is 4. The second kappa shape index (κ2) is 7.07. The van der Waals surface area contributed by atoms with Crippen LogP contribution in [0.2, 0.25) is 0 Å². The summed E-state index contributed by atoms with van der Waals surface area (Å²) in [6, 6.07) is 6.34. The summed E-state index contributed by atoms with van der Waals surface area (Å²) >= 11 is 0. The molecule has 0 amide bonds. The van der Waals surface area contributed by atoms with Crippen molar-refractivity contribution in [1.82, 2.24) is 9.97 Å². The topological polar surface area (TPSA) is 61.0 Å². The largest absolute Gasteiger partial charge is 0.372 e.